The van der Waals surface area contributed by atoms with Crippen molar-refractivity contribution in [2.24, 2.45) is 0 Å². The number of rotatable bonds is 3. The van der Waals surface area contributed by atoms with Crippen LogP contribution < -0.4 is 0 Å². The van der Waals surface area contributed by atoms with Gasteiger partial charge in [-0.25, -0.2) is 0 Å². The molecule has 3 nitrogen and oxygen atoms in total. The fraction of sp³-hybridized carbons (Fsp3) is 0.636. The third-order valence-corrected chi connectivity index (χ3v) is 2.91. The number of ether oxygens (including phenoxy) is 1. The molecule has 0 spiro atoms. The van der Waals surface area contributed by atoms with Crippen LogP contribution in [0.15, 0.2) is 12.1 Å². The van der Waals surface area contributed by atoms with E-state index in [-0.39, 0.29) is 0 Å². The van der Waals surface area contributed by atoms with Crippen LogP contribution in [0.3, 0.4) is 0 Å². The Morgan fingerprint density at radius 1 is 1.20 bits per heavy atom. The van der Waals surface area contributed by atoms with Crippen LogP contribution in [-0.2, 0) is 11.3 Å². The normalized spacial score (nSPS) is 17.9. The minimum Gasteiger partial charge on any atom is -0.372 e. The molecular weight excluding hydrogens is 212 g/mol. The van der Waals surface area contributed by atoms with Crippen molar-refractivity contribution < 1.29 is 4.74 Å². The lowest BCUT2D eigenvalue weighted by Gasteiger charge is -2.21. The van der Waals surface area contributed by atoms with Gasteiger partial charge in [-0.2, -0.15) is 5.10 Å². The molecule has 1 heterocycles. The second-order valence-electron chi connectivity index (χ2n) is 3.92. The van der Waals surface area contributed by atoms with Gasteiger partial charge in [-0.1, -0.05) is 30.9 Å². The van der Waals surface area contributed by atoms with E-state index in [2.05, 4.69) is 10.2 Å². The summed E-state index contributed by atoms with van der Waals surface area (Å²) in [4.78, 5) is 0. The van der Waals surface area contributed by atoms with E-state index in [0.29, 0.717) is 17.9 Å². The zero-order chi connectivity index (χ0) is 10.5. The van der Waals surface area contributed by atoms with E-state index in [1.807, 2.05) is 6.07 Å². The van der Waals surface area contributed by atoms with Gasteiger partial charge < -0.3 is 4.74 Å². The van der Waals surface area contributed by atoms with Gasteiger partial charge in [0.05, 0.1) is 18.4 Å². The molecule has 0 aromatic carbocycles. The summed E-state index contributed by atoms with van der Waals surface area (Å²) in [7, 11) is 0. The first-order valence-corrected chi connectivity index (χ1v) is 5.82. The van der Waals surface area contributed by atoms with E-state index >= 15 is 0 Å². The molecule has 0 aliphatic heterocycles. The van der Waals surface area contributed by atoms with E-state index < -0.39 is 0 Å². The minimum absolute atomic E-state index is 0.413. The van der Waals surface area contributed by atoms with E-state index in [0.717, 1.165) is 5.69 Å². The summed E-state index contributed by atoms with van der Waals surface area (Å²) in [5.74, 6) is 0. The first kappa shape index (κ1) is 10.8. The molecule has 1 fully saturated rings. The molecule has 1 saturated carbocycles. The highest BCUT2D eigenvalue weighted by Crippen LogP contribution is 2.21. The van der Waals surface area contributed by atoms with Gasteiger partial charge in [-0.05, 0) is 25.0 Å². The Bertz CT molecular complexity index is 296. The van der Waals surface area contributed by atoms with E-state index in [9.17, 15) is 0 Å². The highest BCUT2D eigenvalue weighted by atomic mass is 35.5. The Hall–Kier alpha value is -0.670. The number of hydrogen-bond donors (Lipinski definition) is 0. The lowest BCUT2D eigenvalue weighted by Crippen LogP contribution is -2.16. The summed E-state index contributed by atoms with van der Waals surface area (Å²) < 4.78 is 5.76. The Labute approximate surface area is 94.8 Å². The van der Waals surface area contributed by atoms with Crippen LogP contribution in [0, 0.1) is 0 Å². The highest BCUT2D eigenvalue weighted by molar-refractivity contribution is 6.29. The van der Waals surface area contributed by atoms with Gasteiger partial charge in [-0.15, -0.1) is 5.10 Å². The molecule has 0 N–H and O–H groups in total. The van der Waals surface area contributed by atoms with Crippen molar-refractivity contribution in [2.75, 3.05) is 0 Å². The molecule has 2 rings (SSSR count). The summed E-state index contributed by atoms with van der Waals surface area (Å²) >= 11 is 5.65. The monoisotopic (exact) mass is 226 g/mol. The molecule has 0 radical (unpaired) electrons. The average molecular weight is 227 g/mol. The summed E-state index contributed by atoms with van der Waals surface area (Å²) in [6.07, 6.45) is 6.70. The zero-order valence-corrected chi connectivity index (χ0v) is 9.41. The molecule has 1 aliphatic rings. The van der Waals surface area contributed by atoms with Crippen LogP contribution in [-0.4, -0.2) is 16.3 Å². The summed E-state index contributed by atoms with van der Waals surface area (Å²) in [6.45, 7) is 0.550. The standard InChI is InChI=1S/C11H15ClN2O/c12-11-7-6-9(13-14-11)8-15-10-4-2-1-3-5-10/h6-7,10H,1-5,8H2. The van der Waals surface area contributed by atoms with Crippen molar-refractivity contribution in [3.05, 3.63) is 23.0 Å². The van der Waals surface area contributed by atoms with Crippen molar-refractivity contribution >= 4 is 11.6 Å². The highest BCUT2D eigenvalue weighted by Gasteiger charge is 2.13. The molecule has 15 heavy (non-hydrogen) atoms. The maximum atomic E-state index is 5.76. The van der Waals surface area contributed by atoms with Gasteiger partial charge in [0, 0.05) is 0 Å². The van der Waals surface area contributed by atoms with Crippen LogP contribution in [0.4, 0.5) is 0 Å². The minimum atomic E-state index is 0.413. The SMILES string of the molecule is Clc1ccc(COC2CCCCC2)nn1. The quantitative estimate of drug-likeness (QED) is 0.795. The molecule has 0 bridgehead atoms. The van der Waals surface area contributed by atoms with Crippen molar-refractivity contribution in [1.82, 2.24) is 10.2 Å². The van der Waals surface area contributed by atoms with E-state index in [1.165, 1.54) is 32.1 Å². The van der Waals surface area contributed by atoms with Crippen LogP contribution in [0.2, 0.25) is 5.15 Å². The zero-order valence-electron chi connectivity index (χ0n) is 8.66. The number of aromatic nitrogens is 2. The largest absolute Gasteiger partial charge is 0.372 e. The predicted octanol–water partition coefficient (Wildman–Crippen LogP) is 2.98. The van der Waals surface area contributed by atoms with Crippen molar-refractivity contribution in [1.29, 1.82) is 0 Å². The molecule has 4 heteroatoms. The molecule has 1 aromatic rings. The topological polar surface area (TPSA) is 35.0 Å². The molecule has 0 amide bonds. The van der Waals surface area contributed by atoms with Crippen LogP contribution >= 0.6 is 11.6 Å². The molecule has 0 saturated heterocycles. The molecule has 0 atom stereocenters. The second kappa shape index (κ2) is 5.42. The van der Waals surface area contributed by atoms with Gasteiger partial charge in [0.15, 0.2) is 5.15 Å². The van der Waals surface area contributed by atoms with Crippen LogP contribution in [0.1, 0.15) is 37.8 Å². The fourth-order valence-electron chi connectivity index (χ4n) is 1.86. The molecular formula is C11H15ClN2O. The number of nitrogens with zero attached hydrogens (tertiary/aromatic N) is 2. The van der Waals surface area contributed by atoms with Crippen LogP contribution in [0.25, 0.3) is 0 Å². The Morgan fingerprint density at radius 3 is 2.67 bits per heavy atom. The fourth-order valence-corrected chi connectivity index (χ4v) is 1.96. The number of hydrogen-bond acceptors (Lipinski definition) is 3. The lowest BCUT2D eigenvalue weighted by atomic mass is 9.98. The predicted molar refractivity (Wildman–Crippen MR) is 58.7 cm³/mol. The third kappa shape index (κ3) is 3.43. The van der Waals surface area contributed by atoms with E-state index in [1.54, 1.807) is 6.07 Å². The first-order chi connectivity index (χ1) is 7.34. The molecule has 0 unspecified atom stereocenters. The number of halogens is 1. The average Bonchev–Trinajstić information content (AvgIpc) is 2.30. The Kier molecular flexibility index (Phi) is 3.92. The van der Waals surface area contributed by atoms with Gasteiger partial charge in [0.25, 0.3) is 0 Å². The Balaban J connectivity index is 1.79. The maximum Gasteiger partial charge on any atom is 0.151 e. The van der Waals surface area contributed by atoms with Gasteiger partial charge in [-0.3, -0.25) is 0 Å². The molecule has 1 aromatic heterocycles. The molecule has 1 aliphatic carbocycles. The lowest BCUT2D eigenvalue weighted by molar-refractivity contribution is 0.0149. The van der Waals surface area contributed by atoms with Crippen molar-refractivity contribution in [2.45, 2.75) is 44.8 Å². The van der Waals surface area contributed by atoms with Gasteiger partial charge in [0.1, 0.15) is 0 Å². The van der Waals surface area contributed by atoms with Crippen molar-refractivity contribution in [3.8, 4) is 0 Å². The summed E-state index contributed by atoms with van der Waals surface area (Å²) in [6, 6.07) is 3.60. The summed E-state index contributed by atoms with van der Waals surface area (Å²) in [5, 5.41) is 8.16. The van der Waals surface area contributed by atoms with Gasteiger partial charge in [0.2, 0.25) is 0 Å². The van der Waals surface area contributed by atoms with Crippen molar-refractivity contribution in [3.63, 3.8) is 0 Å². The molecule has 82 valence electrons. The Morgan fingerprint density at radius 2 is 2.00 bits per heavy atom. The van der Waals surface area contributed by atoms with Gasteiger partial charge >= 0.3 is 0 Å². The maximum absolute atomic E-state index is 5.76. The van der Waals surface area contributed by atoms with E-state index in [4.69, 9.17) is 16.3 Å². The first-order valence-electron chi connectivity index (χ1n) is 5.44. The smallest absolute Gasteiger partial charge is 0.151 e. The summed E-state index contributed by atoms with van der Waals surface area (Å²) in [5.41, 5.74) is 0.852. The third-order valence-electron chi connectivity index (χ3n) is 2.71. The van der Waals surface area contributed by atoms with Crippen LogP contribution in [0.5, 0.6) is 0 Å². The second-order valence-corrected chi connectivity index (χ2v) is 4.31.